The first-order valence-electron chi connectivity index (χ1n) is 9.39. The van der Waals surface area contributed by atoms with Crippen molar-refractivity contribution in [1.82, 2.24) is 9.80 Å². The highest BCUT2D eigenvalue weighted by Gasteiger charge is 2.52. The maximum atomic E-state index is 13.3. The number of likely N-dealkylation sites (tertiary alicyclic amines) is 1. The molecule has 3 fully saturated rings. The van der Waals surface area contributed by atoms with Crippen LogP contribution in [0, 0.1) is 11.3 Å². The molecule has 0 N–H and O–H groups in total. The topological polar surface area (TPSA) is 40.6 Å². The molecule has 2 saturated heterocycles. The van der Waals surface area contributed by atoms with Crippen LogP contribution in [0.4, 0.5) is 0 Å². The number of hydrogen-bond donors (Lipinski definition) is 0. The van der Waals surface area contributed by atoms with E-state index in [2.05, 4.69) is 4.90 Å². The molecule has 1 aromatic rings. The first-order valence-corrected chi connectivity index (χ1v) is 11.4. The second-order valence-corrected chi connectivity index (χ2v) is 9.75. The molecule has 4 rings (SSSR count). The van der Waals surface area contributed by atoms with E-state index < -0.39 is 0 Å². The zero-order valence-corrected chi connectivity index (χ0v) is 16.2. The van der Waals surface area contributed by atoms with Gasteiger partial charge in [-0.1, -0.05) is 25.3 Å². The molecule has 1 saturated carbocycles. The Morgan fingerprint density at radius 2 is 1.84 bits per heavy atom. The first kappa shape index (κ1) is 17.4. The average Bonchev–Trinajstić information content (AvgIpc) is 3.31. The van der Waals surface area contributed by atoms with Crippen LogP contribution in [-0.2, 0) is 4.79 Å². The molecular formula is C19H26N2O2S2. The number of hydrogen-bond acceptors (Lipinski definition) is 4. The van der Waals surface area contributed by atoms with Crippen LogP contribution in [0.15, 0.2) is 17.5 Å². The van der Waals surface area contributed by atoms with Crippen LogP contribution in [0.5, 0.6) is 0 Å². The van der Waals surface area contributed by atoms with Crippen LogP contribution in [0.3, 0.4) is 0 Å². The molecule has 1 atom stereocenters. The third-order valence-electron chi connectivity index (χ3n) is 6.14. The zero-order valence-electron chi connectivity index (χ0n) is 14.6. The molecule has 6 heteroatoms. The van der Waals surface area contributed by atoms with Crippen LogP contribution in [-0.4, -0.2) is 59.3 Å². The Morgan fingerprint density at radius 1 is 1.08 bits per heavy atom. The van der Waals surface area contributed by atoms with E-state index in [1.54, 1.807) is 0 Å². The van der Waals surface area contributed by atoms with Gasteiger partial charge in [-0.15, -0.1) is 11.3 Å². The van der Waals surface area contributed by atoms with Crippen molar-refractivity contribution >= 4 is 34.9 Å². The lowest BCUT2D eigenvalue weighted by Crippen LogP contribution is -2.47. The Hall–Kier alpha value is -1.01. The van der Waals surface area contributed by atoms with Crippen LogP contribution in [0.25, 0.3) is 0 Å². The van der Waals surface area contributed by atoms with E-state index in [9.17, 15) is 9.59 Å². The van der Waals surface area contributed by atoms with Gasteiger partial charge in [0, 0.05) is 43.1 Å². The van der Waals surface area contributed by atoms with Gasteiger partial charge in [0.1, 0.15) is 0 Å². The minimum absolute atomic E-state index is 0.000174. The quantitative estimate of drug-likeness (QED) is 0.792. The van der Waals surface area contributed by atoms with E-state index in [4.69, 9.17) is 0 Å². The zero-order chi connectivity index (χ0) is 17.3. The van der Waals surface area contributed by atoms with Gasteiger partial charge >= 0.3 is 0 Å². The van der Waals surface area contributed by atoms with Gasteiger partial charge in [-0.3, -0.25) is 9.59 Å². The van der Waals surface area contributed by atoms with Crippen LogP contribution >= 0.6 is 23.1 Å². The minimum Gasteiger partial charge on any atom is -0.341 e. The molecular weight excluding hydrogens is 352 g/mol. The largest absolute Gasteiger partial charge is 0.341 e. The summed E-state index contributed by atoms with van der Waals surface area (Å²) in [5.41, 5.74) is 0.0207. The molecule has 2 amide bonds. The van der Waals surface area contributed by atoms with Crippen molar-refractivity contribution in [3.63, 3.8) is 0 Å². The molecule has 0 radical (unpaired) electrons. The third kappa shape index (κ3) is 3.35. The summed E-state index contributed by atoms with van der Waals surface area (Å²) < 4.78 is 0. The van der Waals surface area contributed by atoms with Gasteiger partial charge in [0.15, 0.2) is 0 Å². The van der Waals surface area contributed by atoms with Gasteiger partial charge in [0.2, 0.25) is 5.91 Å². The van der Waals surface area contributed by atoms with Gasteiger partial charge in [0.05, 0.1) is 10.8 Å². The summed E-state index contributed by atoms with van der Waals surface area (Å²) in [6.07, 6.45) is 5.85. The van der Waals surface area contributed by atoms with Gasteiger partial charge in [-0.25, -0.2) is 0 Å². The summed E-state index contributed by atoms with van der Waals surface area (Å²) in [6.45, 7) is 3.12. The summed E-state index contributed by atoms with van der Waals surface area (Å²) >= 11 is 3.43. The Balaban J connectivity index is 1.56. The number of amides is 2. The van der Waals surface area contributed by atoms with Crippen molar-refractivity contribution < 1.29 is 9.59 Å². The maximum absolute atomic E-state index is 13.3. The van der Waals surface area contributed by atoms with Crippen molar-refractivity contribution in [1.29, 1.82) is 0 Å². The highest BCUT2D eigenvalue weighted by Crippen LogP contribution is 2.48. The second-order valence-electron chi connectivity index (χ2n) is 7.58. The lowest BCUT2D eigenvalue weighted by molar-refractivity contribution is -0.138. The second kappa shape index (κ2) is 7.31. The van der Waals surface area contributed by atoms with E-state index in [0.717, 1.165) is 48.9 Å². The standard InChI is InChI=1S/C19H26N2O2S2/c22-17(20-8-11-24-12-9-20)15-13-21(18(23)16-5-4-10-25-16)14-19(15)6-2-1-3-7-19/h4-5,10,15H,1-3,6-9,11-14H2. The minimum atomic E-state index is -0.000174. The van der Waals surface area contributed by atoms with E-state index in [-0.39, 0.29) is 17.2 Å². The van der Waals surface area contributed by atoms with Gasteiger partial charge in [0.25, 0.3) is 5.91 Å². The van der Waals surface area contributed by atoms with Crippen LogP contribution < -0.4 is 0 Å². The normalized spacial score (nSPS) is 26.2. The molecule has 136 valence electrons. The molecule has 1 aliphatic carbocycles. The van der Waals surface area contributed by atoms with E-state index in [1.807, 2.05) is 34.2 Å². The fourth-order valence-electron chi connectivity index (χ4n) is 4.79. The molecule has 25 heavy (non-hydrogen) atoms. The highest BCUT2D eigenvalue weighted by molar-refractivity contribution is 7.99. The number of carbonyl (C=O) groups is 2. The van der Waals surface area contributed by atoms with E-state index in [1.165, 1.54) is 30.6 Å². The summed E-state index contributed by atoms with van der Waals surface area (Å²) in [5.74, 6) is 2.51. The van der Waals surface area contributed by atoms with Gasteiger partial charge < -0.3 is 9.80 Å². The highest BCUT2D eigenvalue weighted by atomic mass is 32.2. The Labute approximate surface area is 157 Å². The van der Waals surface area contributed by atoms with Gasteiger partial charge in [-0.2, -0.15) is 11.8 Å². The molecule has 0 aromatic carbocycles. The first-order chi connectivity index (χ1) is 12.2. The van der Waals surface area contributed by atoms with E-state index >= 15 is 0 Å². The van der Waals surface area contributed by atoms with E-state index in [0.29, 0.717) is 12.5 Å². The Kier molecular flexibility index (Phi) is 5.09. The lowest BCUT2D eigenvalue weighted by atomic mass is 9.67. The summed E-state index contributed by atoms with van der Waals surface area (Å²) in [5, 5.41) is 1.95. The van der Waals surface area contributed by atoms with Gasteiger partial charge in [-0.05, 0) is 24.3 Å². The fourth-order valence-corrected chi connectivity index (χ4v) is 6.38. The van der Waals surface area contributed by atoms with Crippen molar-refractivity contribution in [2.45, 2.75) is 32.1 Å². The molecule has 3 heterocycles. The number of carbonyl (C=O) groups excluding carboxylic acids is 2. The molecule has 1 aromatic heterocycles. The van der Waals surface area contributed by atoms with Crippen LogP contribution in [0.1, 0.15) is 41.8 Å². The lowest BCUT2D eigenvalue weighted by Gasteiger charge is -2.40. The molecule has 4 nitrogen and oxygen atoms in total. The number of thiophene rings is 1. The molecule has 1 spiro atoms. The Morgan fingerprint density at radius 3 is 2.52 bits per heavy atom. The van der Waals surface area contributed by atoms with Crippen molar-refractivity contribution in [2.24, 2.45) is 11.3 Å². The average molecular weight is 379 g/mol. The molecule has 1 unspecified atom stereocenters. The summed E-state index contributed by atoms with van der Waals surface area (Å²) in [4.78, 5) is 31.0. The Bertz CT molecular complexity index is 619. The van der Waals surface area contributed by atoms with Crippen molar-refractivity contribution in [3.8, 4) is 0 Å². The van der Waals surface area contributed by atoms with Crippen molar-refractivity contribution in [3.05, 3.63) is 22.4 Å². The number of rotatable bonds is 2. The number of nitrogens with zero attached hydrogens (tertiary/aromatic N) is 2. The predicted molar refractivity (Wildman–Crippen MR) is 103 cm³/mol. The molecule has 0 bridgehead atoms. The van der Waals surface area contributed by atoms with Crippen LogP contribution in [0.2, 0.25) is 0 Å². The summed E-state index contributed by atoms with van der Waals surface area (Å²) in [6, 6.07) is 3.83. The summed E-state index contributed by atoms with van der Waals surface area (Å²) in [7, 11) is 0. The molecule has 2 aliphatic heterocycles. The molecule has 3 aliphatic rings. The fraction of sp³-hybridized carbons (Fsp3) is 0.684. The predicted octanol–water partition coefficient (Wildman–Crippen LogP) is 3.35. The number of thioether (sulfide) groups is 1. The van der Waals surface area contributed by atoms with Crippen molar-refractivity contribution in [2.75, 3.05) is 37.7 Å². The third-order valence-corrected chi connectivity index (χ3v) is 7.94. The monoisotopic (exact) mass is 378 g/mol. The SMILES string of the molecule is O=C(c1cccs1)N1CC(C(=O)N2CCSCC2)C2(CCCCC2)C1. The maximum Gasteiger partial charge on any atom is 0.263 e. The smallest absolute Gasteiger partial charge is 0.263 e.